The van der Waals surface area contributed by atoms with Gasteiger partial charge in [-0.3, -0.25) is 14.5 Å². The average Bonchev–Trinajstić information content (AvgIpc) is 3.12. The van der Waals surface area contributed by atoms with Crippen LogP contribution in [0.5, 0.6) is 0 Å². The molecule has 2 amide bonds. The van der Waals surface area contributed by atoms with Crippen molar-refractivity contribution in [3.8, 4) is 0 Å². The Morgan fingerprint density at radius 2 is 1.81 bits per heavy atom. The first-order chi connectivity index (χ1) is 15.4. The fourth-order valence-corrected chi connectivity index (χ4v) is 5.34. The summed E-state index contributed by atoms with van der Waals surface area (Å²) in [5.41, 5.74) is 6.66. The number of anilines is 1. The Labute approximate surface area is 190 Å². The lowest BCUT2D eigenvalue weighted by Crippen LogP contribution is -2.50. The second-order valence-electron chi connectivity index (χ2n) is 9.59. The van der Waals surface area contributed by atoms with Gasteiger partial charge in [-0.1, -0.05) is 6.92 Å². The van der Waals surface area contributed by atoms with Gasteiger partial charge in [0, 0.05) is 57.5 Å². The molecular formula is C24H36FN5O2. The topological polar surface area (TPSA) is 81.9 Å². The third-order valence-electron chi connectivity index (χ3n) is 7.60. The number of benzene rings is 1. The van der Waals surface area contributed by atoms with E-state index in [9.17, 15) is 14.0 Å². The van der Waals surface area contributed by atoms with Crippen LogP contribution in [0.4, 0.5) is 10.1 Å². The van der Waals surface area contributed by atoms with E-state index in [2.05, 4.69) is 15.1 Å². The molecule has 3 heterocycles. The van der Waals surface area contributed by atoms with Crippen molar-refractivity contribution in [2.75, 3.05) is 50.7 Å². The lowest BCUT2D eigenvalue weighted by Gasteiger charge is -2.38. The van der Waals surface area contributed by atoms with Crippen LogP contribution in [0.3, 0.4) is 0 Å². The summed E-state index contributed by atoms with van der Waals surface area (Å²) in [4.78, 5) is 31.8. The molecule has 3 saturated heterocycles. The molecule has 2 atom stereocenters. The van der Waals surface area contributed by atoms with Gasteiger partial charge >= 0.3 is 0 Å². The van der Waals surface area contributed by atoms with Crippen LogP contribution in [-0.2, 0) is 9.59 Å². The molecule has 3 aliphatic heterocycles. The molecule has 32 heavy (non-hydrogen) atoms. The fraction of sp³-hybridized carbons (Fsp3) is 0.667. The molecule has 1 aromatic carbocycles. The molecule has 3 aliphatic rings. The van der Waals surface area contributed by atoms with E-state index >= 15 is 0 Å². The van der Waals surface area contributed by atoms with Crippen LogP contribution in [0.25, 0.3) is 0 Å². The predicted molar refractivity (Wildman–Crippen MR) is 123 cm³/mol. The summed E-state index contributed by atoms with van der Waals surface area (Å²) in [6.07, 6.45) is 3.92. The lowest BCUT2D eigenvalue weighted by atomic mass is 9.75. The van der Waals surface area contributed by atoms with Gasteiger partial charge in [0.1, 0.15) is 5.82 Å². The van der Waals surface area contributed by atoms with E-state index < -0.39 is 6.04 Å². The van der Waals surface area contributed by atoms with E-state index in [1.54, 1.807) is 0 Å². The molecule has 0 aliphatic carbocycles. The number of halogens is 1. The maximum Gasteiger partial charge on any atom is 0.239 e. The van der Waals surface area contributed by atoms with Crippen LogP contribution >= 0.6 is 0 Å². The van der Waals surface area contributed by atoms with Crippen molar-refractivity contribution in [2.45, 2.75) is 51.1 Å². The minimum atomic E-state index is -0.433. The summed E-state index contributed by atoms with van der Waals surface area (Å²) in [6, 6.07) is 6.48. The zero-order valence-electron chi connectivity index (χ0n) is 19.1. The molecule has 1 spiro atoms. The van der Waals surface area contributed by atoms with E-state index in [1.165, 1.54) is 12.1 Å². The zero-order valence-corrected chi connectivity index (χ0v) is 19.1. The summed E-state index contributed by atoms with van der Waals surface area (Å²) >= 11 is 0. The molecule has 3 N–H and O–H groups in total. The van der Waals surface area contributed by atoms with E-state index in [0.29, 0.717) is 19.5 Å². The number of rotatable bonds is 6. The predicted octanol–water partition coefficient (Wildman–Crippen LogP) is 1.57. The van der Waals surface area contributed by atoms with Gasteiger partial charge in [-0.05, 0) is 56.4 Å². The maximum atomic E-state index is 13.1. The number of carbonyl (C=O) groups excluding carboxylic acids is 2. The highest BCUT2D eigenvalue weighted by Crippen LogP contribution is 2.41. The summed E-state index contributed by atoms with van der Waals surface area (Å²) in [5, 5.41) is 3.23. The summed E-state index contributed by atoms with van der Waals surface area (Å²) in [5.74, 6) is -0.0295. The number of nitrogens with two attached hydrogens (primary N) is 1. The second kappa shape index (κ2) is 9.75. The Bertz CT molecular complexity index is 801. The second-order valence-corrected chi connectivity index (χ2v) is 9.59. The molecule has 0 radical (unpaired) electrons. The van der Waals surface area contributed by atoms with E-state index in [0.717, 1.165) is 64.1 Å². The van der Waals surface area contributed by atoms with Gasteiger partial charge in [-0.25, -0.2) is 4.39 Å². The van der Waals surface area contributed by atoms with Crippen LogP contribution in [0, 0.1) is 11.2 Å². The smallest absolute Gasteiger partial charge is 0.239 e. The molecule has 0 saturated carbocycles. The van der Waals surface area contributed by atoms with Crippen molar-refractivity contribution < 1.29 is 14.0 Å². The van der Waals surface area contributed by atoms with Crippen LogP contribution < -0.4 is 16.0 Å². The first-order valence-electron chi connectivity index (χ1n) is 12.0. The number of piperidine rings is 1. The quantitative estimate of drug-likeness (QED) is 0.695. The van der Waals surface area contributed by atoms with Gasteiger partial charge in [-0.2, -0.15) is 0 Å². The molecule has 176 valence electrons. The molecule has 0 bridgehead atoms. The highest BCUT2D eigenvalue weighted by molar-refractivity contribution is 5.86. The number of amides is 2. The molecule has 4 rings (SSSR count). The Morgan fingerprint density at radius 1 is 1.16 bits per heavy atom. The lowest BCUT2D eigenvalue weighted by molar-refractivity contribution is -0.139. The minimum absolute atomic E-state index is 0.0112. The number of nitrogens with one attached hydrogen (secondary N) is 1. The van der Waals surface area contributed by atoms with E-state index in [4.69, 9.17) is 5.73 Å². The van der Waals surface area contributed by atoms with Gasteiger partial charge in [0.2, 0.25) is 11.8 Å². The summed E-state index contributed by atoms with van der Waals surface area (Å²) in [7, 11) is 0. The van der Waals surface area contributed by atoms with Crippen LogP contribution in [0.15, 0.2) is 24.3 Å². The van der Waals surface area contributed by atoms with E-state index in [1.807, 2.05) is 24.0 Å². The number of carbonyl (C=O) groups is 2. The van der Waals surface area contributed by atoms with Crippen molar-refractivity contribution in [2.24, 2.45) is 11.1 Å². The van der Waals surface area contributed by atoms with Crippen LogP contribution in [0.2, 0.25) is 0 Å². The number of piperazine rings is 1. The third-order valence-corrected chi connectivity index (χ3v) is 7.60. The Hall–Kier alpha value is -2.19. The van der Waals surface area contributed by atoms with Crippen molar-refractivity contribution in [1.82, 2.24) is 15.1 Å². The SMILES string of the molecule is CCC(N)C(=O)N1CCC2(CC1)CC(CCN1CCN(c3ccc(F)cc3)CC1)NC2=O. The molecule has 2 unspecified atom stereocenters. The Morgan fingerprint density at radius 3 is 2.44 bits per heavy atom. The van der Waals surface area contributed by atoms with E-state index in [-0.39, 0.29) is 29.1 Å². The van der Waals surface area contributed by atoms with Gasteiger partial charge in [0.15, 0.2) is 0 Å². The first-order valence-corrected chi connectivity index (χ1v) is 12.0. The molecular weight excluding hydrogens is 409 g/mol. The number of likely N-dealkylation sites (tertiary alicyclic amines) is 1. The molecule has 1 aromatic rings. The third kappa shape index (κ3) is 4.91. The Balaban J connectivity index is 1.21. The molecule has 7 nitrogen and oxygen atoms in total. The summed E-state index contributed by atoms with van der Waals surface area (Å²) in [6.45, 7) is 7.93. The highest BCUT2D eigenvalue weighted by Gasteiger charge is 2.48. The monoisotopic (exact) mass is 445 g/mol. The molecule has 8 heteroatoms. The minimum Gasteiger partial charge on any atom is -0.369 e. The highest BCUT2D eigenvalue weighted by atomic mass is 19.1. The number of hydrogen-bond acceptors (Lipinski definition) is 5. The largest absolute Gasteiger partial charge is 0.369 e. The fourth-order valence-electron chi connectivity index (χ4n) is 5.34. The van der Waals surface area contributed by atoms with Crippen molar-refractivity contribution in [3.05, 3.63) is 30.1 Å². The Kier molecular flexibility index (Phi) is 7.00. The standard InChI is InChI=1S/C24H36FN5O2/c1-2-21(26)22(31)30-11-8-24(9-12-30)17-19(27-23(24)32)7-10-28-13-15-29(16-14-28)20-5-3-18(25)4-6-20/h3-6,19,21H,2,7-17,26H2,1H3,(H,27,32). The van der Waals surface area contributed by atoms with Gasteiger partial charge in [0.05, 0.1) is 11.5 Å². The van der Waals surface area contributed by atoms with Crippen molar-refractivity contribution >= 4 is 17.5 Å². The number of nitrogens with zero attached hydrogens (tertiary/aromatic N) is 3. The number of hydrogen-bond donors (Lipinski definition) is 2. The van der Waals surface area contributed by atoms with Gasteiger partial charge in [0.25, 0.3) is 0 Å². The first kappa shape index (κ1) is 23.0. The molecule has 0 aromatic heterocycles. The maximum absolute atomic E-state index is 13.1. The average molecular weight is 446 g/mol. The normalized spacial score (nSPS) is 24.6. The van der Waals surface area contributed by atoms with Crippen molar-refractivity contribution in [3.63, 3.8) is 0 Å². The summed E-state index contributed by atoms with van der Waals surface area (Å²) < 4.78 is 13.1. The molecule has 3 fully saturated rings. The van der Waals surface area contributed by atoms with Crippen LogP contribution in [-0.4, -0.2) is 79.5 Å². The zero-order chi connectivity index (χ0) is 22.7. The van der Waals surface area contributed by atoms with Gasteiger partial charge < -0.3 is 20.9 Å². The van der Waals surface area contributed by atoms with Crippen LogP contribution in [0.1, 0.15) is 39.0 Å². The van der Waals surface area contributed by atoms with Gasteiger partial charge in [-0.15, -0.1) is 0 Å². The van der Waals surface area contributed by atoms with Crippen molar-refractivity contribution in [1.29, 1.82) is 0 Å².